The highest BCUT2D eigenvalue weighted by atomic mass is 16.3. The van der Waals surface area contributed by atoms with Crippen LogP contribution in [-0.4, -0.2) is 5.11 Å². The second kappa shape index (κ2) is 13.8. The van der Waals surface area contributed by atoms with Gasteiger partial charge in [-0.2, -0.15) is 0 Å². The number of hydrogen-bond donors (Lipinski definition) is 1. The number of phenols is 1. The summed E-state index contributed by atoms with van der Waals surface area (Å²) in [5, 5.41) is 10.2. The number of benzene rings is 1. The van der Waals surface area contributed by atoms with Crippen molar-refractivity contribution >= 4 is 0 Å². The lowest BCUT2D eigenvalue weighted by atomic mass is 9.53. The summed E-state index contributed by atoms with van der Waals surface area (Å²) in [6, 6.07) is 4.39. The fraction of sp³-hybridized carbons (Fsp3) is 0.667. The lowest BCUT2D eigenvalue weighted by Crippen LogP contribution is -2.41. The molecule has 1 aromatic rings. The molecule has 0 amide bonds. The van der Waals surface area contributed by atoms with Crippen molar-refractivity contribution in [1.29, 1.82) is 0 Å². The zero-order chi connectivity index (χ0) is 23.4. The standard InChI is InChI=1S/C23H34O.C5H10.C2H6/c1-5-8-9-21-19-11-10-17-15-22(24)16(6-2)14-20(17)18(19)12-13-23(21,4)7-3;1-3-5-4-2;1-2/h7,14-15,18-19,21,24H,3,5-6,8-13H2,1-2,4H3;3H,1,4-5H2,2H3;1-2H3. The highest BCUT2D eigenvalue weighted by Crippen LogP contribution is 2.57. The van der Waals surface area contributed by atoms with Gasteiger partial charge in [0, 0.05) is 0 Å². The van der Waals surface area contributed by atoms with E-state index in [2.05, 4.69) is 59.1 Å². The number of allylic oxidation sites excluding steroid dienone is 2. The van der Waals surface area contributed by atoms with Gasteiger partial charge in [0.1, 0.15) is 5.75 Å². The third kappa shape index (κ3) is 6.74. The summed E-state index contributed by atoms with van der Waals surface area (Å²) in [5.41, 5.74) is 4.38. The van der Waals surface area contributed by atoms with Gasteiger partial charge in [-0.3, -0.25) is 0 Å². The van der Waals surface area contributed by atoms with Crippen molar-refractivity contribution in [1.82, 2.24) is 0 Å². The van der Waals surface area contributed by atoms with Gasteiger partial charge in [0.25, 0.3) is 0 Å². The topological polar surface area (TPSA) is 20.2 Å². The molecule has 0 saturated heterocycles. The van der Waals surface area contributed by atoms with Crippen LogP contribution in [0.5, 0.6) is 5.75 Å². The highest BCUT2D eigenvalue weighted by molar-refractivity contribution is 5.45. The Kier molecular flexibility index (Phi) is 12.3. The molecule has 1 saturated carbocycles. The highest BCUT2D eigenvalue weighted by Gasteiger charge is 2.46. The largest absolute Gasteiger partial charge is 0.508 e. The first-order valence-electron chi connectivity index (χ1n) is 13.0. The average molecular weight is 427 g/mol. The van der Waals surface area contributed by atoms with E-state index in [1.54, 1.807) is 5.56 Å². The van der Waals surface area contributed by atoms with Crippen molar-refractivity contribution in [3.63, 3.8) is 0 Å². The van der Waals surface area contributed by atoms with Gasteiger partial charge in [0.15, 0.2) is 0 Å². The van der Waals surface area contributed by atoms with E-state index < -0.39 is 0 Å². The first kappa shape index (κ1) is 27.5. The minimum Gasteiger partial charge on any atom is -0.508 e. The molecule has 1 N–H and O–H groups in total. The Morgan fingerprint density at radius 2 is 1.81 bits per heavy atom. The van der Waals surface area contributed by atoms with Gasteiger partial charge in [0.2, 0.25) is 0 Å². The van der Waals surface area contributed by atoms with Gasteiger partial charge in [-0.05, 0) is 90.9 Å². The van der Waals surface area contributed by atoms with Gasteiger partial charge >= 0.3 is 0 Å². The fourth-order valence-corrected chi connectivity index (χ4v) is 5.71. The Bertz CT molecular complexity index is 673. The number of unbranched alkanes of at least 4 members (excludes halogenated alkanes) is 2. The molecular weight excluding hydrogens is 376 g/mol. The maximum Gasteiger partial charge on any atom is 0.119 e. The molecule has 31 heavy (non-hydrogen) atoms. The third-order valence-electron chi connectivity index (χ3n) is 7.57. The van der Waals surface area contributed by atoms with Crippen LogP contribution in [0.3, 0.4) is 0 Å². The third-order valence-corrected chi connectivity index (χ3v) is 7.57. The van der Waals surface area contributed by atoms with Gasteiger partial charge in [-0.1, -0.05) is 79.0 Å². The van der Waals surface area contributed by atoms with Gasteiger partial charge in [-0.25, -0.2) is 0 Å². The molecule has 4 unspecified atom stereocenters. The maximum absolute atomic E-state index is 10.2. The lowest BCUT2D eigenvalue weighted by Gasteiger charge is -2.51. The monoisotopic (exact) mass is 426 g/mol. The van der Waals surface area contributed by atoms with Crippen LogP contribution in [-0.2, 0) is 12.8 Å². The molecule has 2 aliphatic rings. The molecule has 4 atom stereocenters. The van der Waals surface area contributed by atoms with Gasteiger partial charge in [0.05, 0.1) is 0 Å². The van der Waals surface area contributed by atoms with Crippen LogP contribution >= 0.6 is 0 Å². The lowest BCUT2D eigenvalue weighted by molar-refractivity contribution is 0.0602. The molecule has 1 fully saturated rings. The average Bonchev–Trinajstić information content (AvgIpc) is 2.80. The minimum atomic E-state index is 0.304. The van der Waals surface area contributed by atoms with Crippen molar-refractivity contribution < 1.29 is 5.11 Å². The molecule has 0 heterocycles. The van der Waals surface area contributed by atoms with E-state index in [4.69, 9.17) is 0 Å². The molecule has 176 valence electrons. The molecule has 0 radical (unpaired) electrons. The fourth-order valence-electron chi connectivity index (χ4n) is 5.71. The van der Waals surface area contributed by atoms with E-state index in [0.29, 0.717) is 17.1 Å². The molecule has 0 aromatic heterocycles. The normalized spacial score (nSPS) is 26.2. The number of fused-ring (bicyclic) bond motifs is 3. The minimum absolute atomic E-state index is 0.304. The zero-order valence-corrected chi connectivity index (χ0v) is 21.5. The number of aromatic hydroxyl groups is 1. The number of rotatable bonds is 7. The first-order chi connectivity index (χ1) is 14.9. The Morgan fingerprint density at radius 1 is 1.10 bits per heavy atom. The number of phenolic OH excluding ortho intramolecular Hbond substituents is 1. The quantitative estimate of drug-likeness (QED) is 0.430. The molecule has 1 aromatic carbocycles. The van der Waals surface area contributed by atoms with Crippen LogP contribution in [0.2, 0.25) is 0 Å². The Labute approximate surface area is 194 Å². The Morgan fingerprint density at radius 3 is 2.32 bits per heavy atom. The van der Waals surface area contributed by atoms with Gasteiger partial charge in [-0.15, -0.1) is 13.2 Å². The van der Waals surface area contributed by atoms with Crippen LogP contribution < -0.4 is 0 Å². The summed E-state index contributed by atoms with van der Waals surface area (Å²) >= 11 is 0. The summed E-state index contributed by atoms with van der Waals surface area (Å²) in [7, 11) is 0. The summed E-state index contributed by atoms with van der Waals surface area (Å²) in [6.45, 7) is 20.8. The molecule has 0 bridgehead atoms. The SMILES string of the molecule is C=CC1(C)CCC2c3cc(CC)c(O)cc3CCC2C1CCCC.C=CCCC.CC. The molecular formula is C30H50O. The van der Waals surface area contributed by atoms with Gasteiger partial charge < -0.3 is 5.11 Å². The van der Waals surface area contributed by atoms with Crippen molar-refractivity contribution in [2.24, 2.45) is 17.3 Å². The smallest absolute Gasteiger partial charge is 0.119 e. The van der Waals surface area contributed by atoms with Crippen molar-refractivity contribution in [3.05, 3.63) is 54.1 Å². The molecule has 0 aliphatic heterocycles. The van der Waals surface area contributed by atoms with E-state index in [9.17, 15) is 5.11 Å². The van der Waals surface area contributed by atoms with E-state index in [1.165, 1.54) is 50.5 Å². The van der Waals surface area contributed by atoms with Crippen LogP contribution in [0, 0.1) is 17.3 Å². The van der Waals surface area contributed by atoms with Crippen molar-refractivity contribution in [2.45, 2.75) is 112 Å². The van der Waals surface area contributed by atoms with E-state index in [1.807, 2.05) is 19.9 Å². The second-order valence-corrected chi connectivity index (χ2v) is 9.42. The number of hydrogen-bond acceptors (Lipinski definition) is 1. The molecule has 3 rings (SSSR count). The van der Waals surface area contributed by atoms with E-state index in [0.717, 1.165) is 36.7 Å². The van der Waals surface area contributed by atoms with E-state index >= 15 is 0 Å². The molecule has 0 spiro atoms. The first-order valence-corrected chi connectivity index (χ1v) is 13.0. The predicted octanol–water partition coefficient (Wildman–Crippen LogP) is 9.39. The number of aryl methyl sites for hydroxylation is 2. The second-order valence-electron chi connectivity index (χ2n) is 9.42. The Balaban J connectivity index is 0.000000605. The summed E-state index contributed by atoms with van der Waals surface area (Å²) in [5.74, 6) is 2.74. The van der Waals surface area contributed by atoms with Crippen LogP contribution in [0.15, 0.2) is 37.4 Å². The summed E-state index contributed by atoms with van der Waals surface area (Å²) < 4.78 is 0. The van der Waals surface area contributed by atoms with Crippen LogP contribution in [0.1, 0.15) is 116 Å². The van der Waals surface area contributed by atoms with Crippen LogP contribution in [0.4, 0.5) is 0 Å². The van der Waals surface area contributed by atoms with E-state index in [-0.39, 0.29) is 0 Å². The Hall–Kier alpha value is -1.50. The van der Waals surface area contributed by atoms with Crippen LogP contribution in [0.25, 0.3) is 0 Å². The zero-order valence-electron chi connectivity index (χ0n) is 21.5. The molecule has 2 aliphatic carbocycles. The molecule has 1 nitrogen and oxygen atoms in total. The summed E-state index contributed by atoms with van der Waals surface area (Å²) in [6.07, 6.45) is 16.4. The summed E-state index contributed by atoms with van der Waals surface area (Å²) in [4.78, 5) is 0. The predicted molar refractivity (Wildman–Crippen MR) is 139 cm³/mol. The van der Waals surface area contributed by atoms with Crippen molar-refractivity contribution in [3.8, 4) is 5.75 Å². The molecule has 1 heteroatoms. The maximum atomic E-state index is 10.2. The van der Waals surface area contributed by atoms with Crippen molar-refractivity contribution in [2.75, 3.05) is 0 Å².